The molecule has 2 atom stereocenters. The van der Waals surface area contributed by atoms with Crippen molar-refractivity contribution in [2.24, 2.45) is 5.92 Å². The van der Waals surface area contributed by atoms with Gasteiger partial charge in [0, 0.05) is 19.1 Å². The first-order valence-electron chi connectivity index (χ1n) is 8.79. The van der Waals surface area contributed by atoms with E-state index in [0.29, 0.717) is 10.8 Å². The first kappa shape index (κ1) is 19.4. The lowest BCUT2D eigenvalue weighted by Crippen LogP contribution is -2.46. The number of amides is 1. The molecule has 0 radical (unpaired) electrons. The lowest BCUT2D eigenvalue weighted by atomic mass is 9.98. The molecule has 2 unspecified atom stereocenters. The zero-order chi connectivity index (χ0) is 17.6. The van der Waals surface area contributed by atoms with Crippen LogP contribution in [-0.2, 0) is 14.8 Å². The lowest BCUT2D eigenvalue weighted by Gasteiger charge is -2.31. The second-order valence-electron chi connectivity index (χ2n) is 6.54. The van der Waals surface area contributed by atoms with Crippen LogP contribution in [0.5, 0.6) is 0 Å². The minimum Gasteiger partial charge on any atom is -0.353 e. The average molecular weight is 373 g/mol. The highest BCUT2D eigenvalue weighted by Gasteiger charge is 2.33. The van der Waals surface area contributed by atoms with Gasteiger partial charge in [0.1, 0.15) is 4.21 Å². The third-order valence-electron chi connectivity index (χ3n) is 4.47. The van der Waals surface area contributed by atoms with Crippen LogP contribution in [0, 0.1) is 5.92 Å². The molecule has 1 N–H and O–H groups in total. The number of nitrogens with zero attached hydrogens (tertiary/aromatic N) is 1. The van der Waals surface area contributed by atoms with Crippen molar-refractivity contribution in [3.8, 4) is 0 Å². The summed E-state index contributed by atoms with van der Waals surface area (Å²) >= 11 is 1.22. The molecule has 1 saturated heterocycles. The van der Waals surface area contributed by atoms with Crippen molar-refractivity contribution < 1.29 is 13.2 Å². The molecule has 0 aromatic carbocycles. The molecule has 0 saturated carbocycles. The number of sulfonamides is 1. The van der Waals surface area contributed by atoms with Gasteiger partial charge in [0.05, 0.1) is 5.92 Å². The normalized spacial score (nSPS) is 20.7. The van der Waals surface area contributed by atoms with Crippen LogP contribution in [0.25, 0.3) is 0 Å². The van der Waals surface area contributed by atoms with Crippen LogP contribution in [-0.4, -0.2) is 37.8 Å². The molecule has 0 bridgehead atoms. The second-order valence-corrected chi connectivity index (χ2v) is 9.65. The molecule has 5 nitrogen and oxygen atoms in total. The van der Waals surface area contributed by atoms with E-state index in [2.05, 4.69) is 12.2 Å². The van der Waals surface area contributed by atoms with Crippen molar-refractivity contribution in [2.45, 2.75) is 62.6 Å². The Balaban J connectivity index is 1.92. The number of hydrogen-bond donors (Lipinski definition) is 1. The fourth-order valence-corrected chi connectivity index (χ4v) is 5.71. The Kier molecular flexibility index (Phi) is 7.25. The van der Waals surface area contributed by atoms with Gasteiger partial charge in [-0.05, 0) is 37.6 Å². The Morgan fingerprint density at radius 1 is 1.46 bits per heavy atom. The van der Waals surface area contributed by atoms with Crippen LogP contribution in [0.2, 0.25) is 0 Å². The molecule has 0 aliphatic carbocycles. The fraction of sp³-hybridized carbons (Fsp3) is 0.706. The molecular formula is C17H28N2O3S2. The van der Waals surface area contributed by atoms with Gasteiger partial charge in [0.15, 0.2) is 0 Å². The largest absolute Gasteiger partial charge is 0.353 e. The molecule has 7 heteroatoms. The first-order valence-corrected chi connectivity index (χ1v) is 11.1. The molecule has 0 spiro atoms. The van der Waals surface area contributed by atoms with Crippen molar-refractivity contribution in [2.75, 3.05) is 13.1 Å². The van der Waals surface area contributed by atoms with Gasteiger partial charge >= 0.3 is 0 Å². The van der Waals surface area contributed by atoms with Crippen molar-refractivity contribution >= 4 is 27.3 Å². The molecule has 2 rings (SSSR count). The molecule has 24 heavy (non-hydrogen) atoms. The summed E-state index contributed by atoms with van der Waals surface area (Å²) < 4.78 is 27.1. The number of thiophene rings is 1. The maximum atomic E-state index is 12.6. The lowest BCUT2D eigenvalue weighted by molar-refractivity contribution is -0.126. The summed E-state index contributed by atoms with van der Waals surface area (Å²) in [5, 5.41) is 4.82. The number of carbonyl (C=O) groups is 1. The van der Waals surface area contributed by atoms with Gasteiger partial charge in [0.25, 0.3) is 10.0 Å². The maximum absolute atomic E-state index is 12.6. The van der Waals surface area contributed by atoms with Crippen LogP contribution >= 0.6 is 11.3 Å². The van der Waals surface area contributed by atoms with E-state index < -0.39 is 10.0 Å². The molecule has 2 heterocycles. The molecule has 1 aliphatic heterocycles. The van der Waals surface area contributed by atoms with Crippen LogP contribution in [0.1, 0.15) is 52.4 Å². The van der Waals surface area contributed by atoms with Crippen LogP contribution in [0.15, 0.2) is 21.7 Å². The van der Waals surface area contributed by atoms with E-state index in [9.17, 15) is 13.2 Å². The van der Waals surface area contributed by atoms with E-state index in [1.807, 2.05) is 6.92 Å². The third-order valence-corrected chi connectivity index (χ3v) is 7.71. The van der Waals surface area contributed by atoms with E-state index in [1.54, 1.807) is 17.5 Å². The summed E-state index contributed by atoms with van der Waals surface area (Å²) in [4.78, 5) is 12.5. The van der Waals surface area contributed by atoms with Gasteiger partial charge in [-0.1, -0.05) is 32.3 Å². The molecule has 1 aromatic rings. The Morgan fingerprint density at radius 3 is 2.92 bits per heavy atom. The van der Waals surface area contributed by atoms with Gasteiger partial charge in [-0.2, -0.15) is 4.31 Å². The first-order chi connectivity index (χ1) is 11.4. The van der Waals surface area contributed by atoms with Crippen molar-refractivity contribution in [3.05, 3.63) is 17.5 Å². The van der Waals surface area contributed by atoms with E-state index in [-0.39, 0.29) is 24.4 Å². The van der Waals surface area contributed by atoms with Crippen molar-refractivity contribution in [1.29, 1.82) is 0 Å². The van der Waals surface area contributed by atoms with E-state index in [4.69, 9.17) is 0 Å². The zero-order valence-electron chi connectivity index (χ0n) is 14.5. The Labute approximate surface area is 149 Å². The molecule has 1 amide bonds. The number of carbonyl (C=O) groups excluding carboxylic acids is 1. The fourth-order valence-electron chi connectivity index (χ4n) is 3.05. The van der Waals surface area contributed by atoms with Crippen LogP contribution < -0.4 is 5.32 Å². The van der Waals surface area contributed by atoms with Gasteiger partial charge in [0.2, 0.25) is 5.91 Å². The Hall–Kier alpha value is -0.920. The number of hydrogen-bond acceptors (Lipinski definition) is 4. The van der Waals surface area contributed by atoms with Gasteiger partial charge < -0.3 is 5.32 Å². The second kappa shape index (κ2) is 8.97. The van der Waals surface area contributed by atoms with Crippen LogP contribution in [0.3, 0.4) is 0 Å². The summed E-state index contributed by atoms with van der Waals surface area (Å²) in [6, 6.07) is 3.51. The highest BCUT2D eigenvalue weighted by atomic mass is 32.2. The highest BCUT2D eigenvalue weighted by Crippen LogP contribution is 2.26. The topological polar surface area (TPSA) is 66.5 Å². The van der Waals surface area contributed by atoms with Gasteiger partial charge in [-0.3, -0.25) is 4.79 Å². The smallest absolute Gasteiger partial charge is 0.252 e. The van der Waals surface area contributed by atoms with Crippen LogP contribution in [0.4, 0.5) is 0 Å². The maximum Gasteiger partial charge on any atom is 0.252 e. The Bertz CT molecular complexity index is 614. The highest BCUT2D eigenvalue weighted by molar-refractivity contribution is 7.91. The number of unbranched alkanes of at least 4 members (excludes halogenated alkanes) is 2. The van der Waals surface area contributed by atoms with E-state index in [1.165, 1.54) is 28.5 Å². The molecule has 1 aromatic heterocycles. The molecule has 1 aliphatic rings. The standard InChI is InChI=1S/C17H28N2O3S2/c1-3-4-5-8-14(2)18-17(20)15-9-6-11-19(13-15)24(21,22)16-10-7-12-23-16/h7,10,12,14-15H,3-6,8-9,11,13H2,1-2H3,(H,18,20). The summed E-state index contributed by atoms with van der Waals surface area (Å²) in [5.41, 5.74) is 0. The quantitative estimate of drug-likeness (QED) is 0.713. The van der Waals surface area contributed by atoms with Gasteiger partial charge in [-0.15, -0.1) is 11.3 Å². The van der Waals surface area contributed by atoms with Gasteiger partial charge in [-0.25, -0.2) is 8.42 Å². The molecule has 136 valence electrons. The van der Waals surface area contributed by atoms with Crippen molar-refractivity contribution in [1.82, 2.24) is 9.62 Å². The minimum atomic E-state index is -3.46. The number of nitrogens with one attached hydrogen (secondary N) is 1. The Morgan fingerprint density at radius 2 is 2.25 bits per heavy atom. The molecule has 1 fully saturated rings. The summed E-state index contributed by atoms with van der Waals surface area (Å²) in [5.74, 6) is -0.257. The third kappa shape index (κ3) is 5.04. The summed E-state index contributed by atoms with van der Waals surface area (Å²) in [6.45, 7) is 4.97. The van der Waals surface area contributed by atoms with Crippen molar-refractivity contribution in [3.63, 3.8) is 0 Å². The predicted molar refractivity (Wildman–Crippen MR) is 97.5 cm³/mol. The number of rotatable bonds is 8. The zero-order valence-corrected chi connectivity index (χ0v) is 16.2. The predicted octanol–water partition coefficient (Wildman–Crippen LogP) is 3.23. The monoisotopic (exact) mass is 372 g/mol. The molecular weight excluding hydrogens is 344 g/mol. The SMILES string of the molecule is CCCCCC(C)NC(=O)C1CCCN(S(=O)(=O)c2cccs2)C1. The summed E-state index contributed by atoms with van der Waals surface area (Å²) in [6.07, 6.45) is 5.91. The summed E-state index contributed by atoms with van der Waals surface area (Å²) in [7, 11) is -3.46. The number of piperidine rings is 1. The average Bonchev–Trinajstić information content (AvgIpc) is 3.10. The van der Waals surface area contributed by atoms with E-state index in [0.717, 1.165) is 25.7 Å². The van der Waals surface area contributed by atoms with E-state index >= 15 is 0 Å². The minimum absolute atomic E-state index is 0.00919.